The van der Waals surface area contributed by atoms with Gasteiger partial charge >= 0.3 is 6.18 Å². The van der Waals surface area contributed by atoms with Crippen LogP contribution in [0.15, 0.2) is 36.8 Å². The van der Waals surface area contributed by atoms with Gasteiger partial charge < -0.3 is 15.2 Å². The van der Waals surface area contributed by atoms with Gasteiger partial charge in [-0.2, -0.15) is 13.2 Å². The lowest BCUT2D eigenvalue weighted by Gasteiger charge is -2.32. The van der Waals surface area contributed by atoms with Gasteiger partial charge in [-0.25, -0.2) is 4.98 Å². The molecule has 1 fully saturated rings. The number of benzene rings is 1. The highest BCUT2D eigenvalue weighted by Crippen LogP contribution is 2.29. The maximum atomic E-state index is 12.5. The molecule has 148 valence electrons. The SMILES string of the molecule is FC(F)(F)c1ccc(NCCCN2CCC(CCc3cnc[nH]3)CC2)cc1. The smallest absolute Gasteiger partial charge is 0.385 e. The fourth-order valence-corrected chi connectivity index (χ4v) is 3.59. The molecule has 1 aliphatic heterocycles. The Bertz CT molecular complexity index is 660. The molecule has 2 N–H and O–H groups in total. The highest BCUT2D eigenvalue weighted by Gasteiger charge is 2.29. The summed E-state index contributed by atoms with van der Waals surface area (Å²) in [5, 5.41) is 3.20. The van der Waals surface area contributed by atoms with Crippen LogP contribution in [0.4, 0.5) is 18.9 Å². The number of rotatable bonds is 8. The minimum atomic E-state index is -4.27. The Morgan fingerprint density at radius 1 is 1.15 bits per heavy atom. The van der Waals surface area contributed by atoms with E-state index in [2.05, 4.69) is 20.2 Å². The summed E-state index contributed by atoms with van der Waals surface area (Å²) in [6.45, 7) is 4.06. The molecule has 1 saturated heterocycles. The second-order valence-electron chi connectivity index (χ2n) is 7.26. The maximum absolute atomic E-state index is 12.5. The lowest BCUT2D eigenvalue weighted by atomic mass is 9.91. The molecule has 0 bridgehead atoms. The van der Waals surface area contributed by atoms with Crippen LogP contribution in [0.3, 0.4) is 0 Å². The molecule has 0 saturated carbocycles. The van der Waals surface area contributed by atoms with Crippen molar-refractivity contribution in [2.75, 3.05) is 31.5 Å². The normalized spacial score (nSPS) is 16.6. The molecule has 1 aromatic heterocycles. The summed E-state index contributed by atoms with van der Waals surface area (Å²) in [5.41, 5.74) is 1.34. The number of likely N-dealkylation sites (tertiary alicyclic amines) is 1. The number of aryl methyl sites for hydroxylation is 1. The molecular formula is C20H27F3N4. The minimum absolute atomic E-state index is 0.608. The summed E-state index contributed by atoms with van der Waals surface area (Å²) in [4.78, 5) is 9.70. The number of hydrogen-bond donors (Lipinski definition) is 2. The van der Waals surface area contributed by atoms with Gasteiger partial charge in [-0.3, -0.25) is 0 Å². The largest absolute Gasteiger partial charge is 0.416 e. The van der Waals surface area contributed by atoms with Crippen molar-refractivity contribution in [3.63, 3.8) is 0 Å². The van der Waals surface area contributed by atoms with E-state index in [4.69, 9.17) is 0 Å². The predicted molar refractivity (Wildman–Crippen MR) is 101 cm³/mol. The van der Waals surface area contributed by atoms with Crippen LogP contribution in [-0.2, 0) is 12.6 Å². The summed E-state index contributed by atoms with van der Waals surface area (Å²) in [6.07, 6.45) is 5.10. The zero-order valence-corrected chi connectivity index (χ0v) is 15.4. The Morgan fingerprint density at radius 2 is 1.89 bits per heavy atom. The summed E-state index contributed by atoms with van der Waals surface area (Å²) >= 11 is 0. The number of anilines is 1. The van der Waals surface area contributed by atoms with Gasteiger partial charge in [-0.05, 0) is 81.9 Å². The van der Waals surface area contributed by atoms with Crippen molar-refractivity contribution in [1.82, 2.24) is 14.9 Å². The molecule has 0 radical (unpaired) electrons. The monoisotopic (exact) mass is 380 g/mol. The van der Waals surface area contributed by atoms with Crippen molar-refractivity contribution in [3.05, 3.63) is 48.0 Å². The highest BCUT2D eigenvalue weighted by atomic mass is 19.4. The molecule has 0 unspecified atom stereocenters. The van der Waals surface area contributed by atoms with Crippen molar-refractivity contribution in [1.29, 1.82) is 0 Å². The second kappa shape index (κ2) is 9.26. The van der Waals surface area contributed by atoms with Gasteiger partial charge in [-0.15, -0.1) is 0 Å². The number of aromatic amines is 1. The molecule has 0 atom stereocenters. The minimum Gasteiger partial charge on any atom is -0.385 e. The summed E-state index contributed by atoms with van der Waals surface area (Å²) in [5.74, 6) is 0.787. The zero-order chi connectivity index (χ0) is 19.1. The lowest BCUT2D eigenvalue weighted by Crippen LogP contribution is -2.35. The van der Waals surface area contributed by atoms with Crippen LogP contribution in [-0.4, -0.2) is 41.0 Å². The summed E-state index contributed by atoms with van der Waals surface area (Å²) in [6, 6.07) is 5.23. The van der Waals surface area contributed by atoms with Crippen LogP contribution in [0, 0.1) is 5.92 Å². The van der Waals surface area contributed by atoms with Crippen LogP contribution in [0.25, 0.3) is 0 Å². The summed E-state index contributed by atoms with van der Waals surface area (Å²) < 4.78 is 37.6. The number of H-pyrrole nitrogens is 1. The predicted octanol–water partition coefficient (Wildman–Crippen LogP) is 4.58. The molecule has 4 nitrogen and oxygen atoms in total. The van der Waals surface area contributed by atoms with Crippen LogP contribution in [0.1, 0.15) is 36.9 Å². The van der Waals surface area contributed by atoms with E-state index in [9.17, 15) is 13.2 Å². The van der Waals surface area contributed by atoms with E-state index in [0.717, 1.165) is 62.8 Å². The Morgan fingerprint density at radius 3 is 2.52 bits per heavy atom. The molecule has 1 aromatic carbocycles. The molecule has 2 aromatic rings. The molecule has 7 heteroatoms. The van der Waals surface area contributed by atoms with E-state index in [1.54, 1.807) is 6.33 Å². The van der Waals surface area contributed by atoms with E-state index in [0.29, 0.717) is 0 Å². The number of imidazole rings is 1. The third-order valence-corrected chi connectivity index (χ3v) is 5.28. The van der Waals surface area contributed by atoms with Crippen LogP contribution < -0.4 is 5.32 Å². The molecule has 0 spiro atoms. The number of alkyl halides is 3. The van der Waals surface area contributed by atoms with Gasteiger partial charge in [0, 0.05) is 24.1 Å². The molecular weight excluding hydrogens is 353 g/mol. The lowest BCUT2D eigenvalue weighted by molar-refractivity contribution is -0.137. The van der Waals surface area contributed by atoms with Crippen LogP contribution in [0.5, 0.6) is 0 Å². The fourth-order valence-electron chi connectivity index (χ4n) is 3.59. The molecule has 27 heavy (non-hydrogen) atoms. The molecule has 1 aliphatic rings. The second-order valence-corrected chi connectivity index (χ2v) is 7.26. The Kier molecular flexibility index (Phi) is 6.77. The average Bonchev–Trinajstić information content (AvgIpc) is 3.18. The first-order valence-electron chi connectivity index (χ1n) is 9.61. The van der Waals surface area contributed by atoms with Gasteiger partial charge in [0.05, 0.1) is 11.9 Å². The Balaban J connectivity index is 1.28. The fraction of sp³-hybridized carbons (Fsp3) is 0.550. The molecule has 0 aliphatic carbocycles. The first kappa shape index (κ1) is 19.7. The number of hydrogen-bond acceptors (Lipinski definition) is 3. The standard InChI is InChI=1S/C20H27F3N4/c21-20(22,23)17-3-6-18(7-4-17)25-10-1-11-27-12-8-16(9-13-27)2-5-19-14-24-15-26-19/h3-4,6-7,14-16,25H,1-2,5,8-13H2,(H,24,26). The number of piperidine rings is 1. The molecule has 2 heterocycles. The van der Waals surface area contributed by atoms with Gasteiger partial charge in [0.15, 0.2) is 0 Å². The van der Waals surface area contributed by atoms with Crippen molar-refractivity contribution >= 4 is 5.69 Å². The van der Waals surface area contributed by atoms with Crippen molar-refractivity contribution in [2.45, 2.75) is 38.3 Å². The van der Waals surface area contributed by atoms with Crippen molar-refractivity contribution in [3.8, 4) is 0 Å². The summed E-state index contributed by atoms with van der Waals surface area (Å²) in [7, 11) is 0. The molecule has 0 amide bonds. The third kappa shape index (κ3) is 6.27. The quantitative estimate of drug-likeness (QED) is 0.659. The van der Waals surface area contributed by atoms with Gasteiger partial charge in [0.1, 0.15) is 0 Å². The number of aromatic nitrogens is 2. The first-order valence-corrected chi connectivity index (χ1v) is 9.61. The van der Waals surface area contributed by atoms with E-state index < -0.39 is 11.7 Å². The number of halogens is 3. The number of nitrogens with zero attached hydrogens (tertiary/aromatic N) is 2. The van der Waals surface area contributed by atoms with E-state index in [-0.39, 0.29) is 0 Å². The zero-order valence-electron chi connectivity index (χ0n) is 15.4. The molecule has 3 rings (SSSR count). The van der Waals surface area contributed by atoms with Crippen molar-refractivity contribution < 1.29 is 13.2 Å². The van der Waals surface area contributed by atoms with Crippen molar-refractivity contribution in [2.24, 2.45) is 5.92 Å². The van der Waals surface area contributed by atoms with E-state index in [1.807, 2.05) is 6.20 Å². The van der Waals surface area contributed by atoms with E-state index in [1.165, 1.54) is 37.1 Å². The van der Waals surface area contributed by atoms with Gasteiger partial charge in [0.25, 0.3) is 0 Å². The topological polar surface area (TPSA) is 44.0 Å². The third-order valence-electron chi connectivity index (χ3n) is 5.28. The Labute approximate surface area is 158 Å². The Hall–Kier alpha value is -2.02. The van der Waals surface area contributed by atoms with E-state index >= 15 is 0 Å². The average molecular weight is 380 g/mol. The van der Waals surface area contributed by atoms with Crippen LogP contribution >= 0.6 is 0 Å². The van der Waals surface area contributed by atoms with Crippen LogP contribution in [0.2, 0.25) is 0 Å². The first-order chi connectivity index (χ1) is 13.0. The highest BCUT2D eigenvalue weighted by molar-refractivity contribution is 5.45. The van der Waals surface area contributed by atoms with Gasteiger partial charge in [-0.1, -0.05) is 0 Å². The number of nitrogens with one attached hydrogen (secondary N) is 2. The maximum Gasteiger partial charge on any atom is 0.416 e. The van der Waals surface area contributed by atoms with Gasteiger partial charge in [0.2, 0.25) is 0 Å².